The maximum Gasteiger partial charge on any atom is 0.201 e. The molecule has 3 rings (SSSR count). The van der Waals surface area contributed by atoms with Crippen LogP contribution in [0.3, 0.4) is 0 Å². The molecule has 9 heteroatoms. The van der Waals surface area contributed by atoms with Crippen molar-refractivity contribution in [3.05, 3.63) is 31.6 Å². The number of aromatic nitrogens is 9. The van der Waals surface area contributed by atoms with Crippen LogP contribution in [0.25, 0.3) is 23.3 Å². The molecule has 3 heterocycles. The van der Waals surface area contributed by atoms with Crippen LogP contribution in [-0.4, -0.2) is 44.9 Å². The summed E-state index contributed by atoms with van der Waals surface area (Å²) < 4.78 is 0. The quantitative estimate of drug-likeness (QED) is 0.587. The lowest BCUT2D eigenvalue weighted by Crippen LogP contribution is -2.00. The summed E-state index contributed by atoms with van der Waals surface area (Å²) in [6.45, 7) is 0. The van der Waals surface area contributed by atoms with Gasteiger partial charge in [-0.1, -0.05) is 0 Å². The molecule has 0 spiro atoms. The van der Waals surface area contributed by atoms with Gasteiger partial charge in [0.2, 0.25) is 23.3 Å². The molecular formula is C9H5N9. The Bertz CT molecular complexity index is 588. The molecule has 86 valence electrons. The van der Waals surface area contributed by atoms with E-state index in [1.54, 1.807) is 0 Å². The standard InChI is InChI=1S/C9H5N9/c1-10-2-13-6(12-1)8-16-5-17-9(18-8)7-14-3-11-4-15-7/h1-5H. The molecule has 3 aromatic rings. The Balaban J connectivity index is 2.05. The topological polar surface area (TPSA) is 116 Å². The van der Waals surface area contributed by atoms with E-state index in [9.17, 15) is 0 Å². The van der Waals surface area contributed by atoms with Gasteiger partial charge in [0.15, 0.2) is 0 Å². The smallest absolute Gasteiger partial charge is 0.201 e. The Morgan fingerprint density at radius 3 is 1.28 bits per heavy atom. The first-order valence-corrected chi connectivity index (χ1v) is 4.87. The lowest BCUT2D eigenvalue weighted by Gasteiger charge is -1.99. The van der Waals surface area contributed by atoms with Crippen LogP contribution in [0.5, 0.6) is 0 Å². The number of hydrogen-bond acceptors (Lipinski definition) is 9. The van der Waals surface area contributed by atoms with E-state index in [-0.39, 0.29) is 0 Å². The first-order chi connectivity index (χ1) is 8.93. The highest BCUT2D eigenvalue weighted by Crippen LogP contribution is 2.10. The Morgan fingerprint density at radius 2 is 0.833 bits per heavy atom. The van der Waals surface area contributed by atoms with Crippen molar-refractivity contribution in [2.24, 2.45) is 0 Å². The second-order valence-corrected chi connectivity index (χ2v) is 3.06. The van der Waals surface area contributed by atoms with Crippen LogP contribution in [0.1, 0.15) is 0 Å². The summed E-state index contributed by atoms with van der Waals surface area (Å²) in [5.41, 5.74) is 0. The van der Waals surface area contributed by atoms with Crippen molar-refractivity contribution in [2.75, 3.05) is 0 Å². The molecule has 0 aromatic carbocycles. The highest BCUT2D eigenvalue weighted by molar-refractivity contribution is 5.48. The third kappa shape index (κ3) is 1.96. The maximum absolute atomic E-state index is 4.19. The molecule has 0 atom stereocenters. The summed E-state index contributed by atoms with van der Waals surface area (Å²) in [6.07, 6.45) is 6.83. The van der Waals surface area contributed by atoms with Gasteiger partial charge in [0.25, 0.3) is 0 Å². The summed E-state index contributed by atoms with van der Waals surface area (Å²) in [4.78, 5) is 35.4. The van der Waals surface area contributed by atoms with Crippen molar-refractivity contribution < 1.29 is 0 Å². The van der Waals surface area contributed by atoms with Gasteiger partial charge in [-0.3, -0.25) is 0 Å². The molecule has 0 N–H and O–H groups in total. The molecule has 0 bridgehead atoms. The minimum absolute atomic E-state index is 0.336. The number of nitrogens with zero attached hydrogens (tertiary/aromatic N) is 9. The molecule has 3 aromatic heterocycles. The van der Waals surface area contributed by atoms with Gasteiger partial charge in [0.1, 0.15) is 31.6 Å². The van der Waals surface area contributed by atoms with Crippen molar-refractivity contribution in [2.45, 2.75) is 0 Å². The van der Waals surface area contributed by atoms with Gasteiger partial charge in [0, 0.05) is 0 Å². The number of hydrogen-bond donors (Lipinski definition) is 0. The summed E-state index contributed by atoms with van der Waals surface area (Å²) in [7, 11) is 0. The molecule has 0 aliphatic carbocycles. The zero-order valence-corrected chi connectivity index (χ0v) is 8.91. The predicted molar refractivity (Wildman–Crippen MR) is 57.5 cm³/mol. The van der Waals surface area contributed by atoms with Crippen LogP contribution in [0.4, 0.5) is 0 Å². The summed E-state index contributed by atoms with van der Waals surface area (Å²) in [5.74, 6) is 1.40. The second kappa shape index (κ2) is 4.49. The fourth-order valence-electron chi connectivity index (χ4n) is 1.22. The van der Waals surface area contributed by atoms with E-state index in [2.05, 4.69) is 44.9 Å². The molecule has 0 aliphatic rings. The Kier molecular flexibility index (Phi) is 2.55. The largest absolute Gasteiger partial charge is 0.225 e. The third-order valence-electron chi connectivity index (χ3n) is 1.96. The van der Waals surface area contributed by atoms with Crippen molar-refractivity contribution in [1.29, 1.82) is 0 Å². The normalized spacial score (nSPS) is 10.2. The SMILES string of the molecule is c1ncnc(-c2ncnc(-c3ncncn3)n2)n1. The zero-order chi connectivity index (χ0) is 12.2. The first-order valence-electron chi connectivity index (χ1n) is 4.87. The number of rotatable bonds is 2. The highest BCUT2D eigenvalue weighted by Gasteiger charge is 2.09. The minimum atomic E-state index is 0.336. The maximum atomic E-state index is 4.19. The van der Waals surface area contributed by atoms with Crippen LogP contribution >= 0.6 is 0 Å². The van der Waals surface area contributed by atoms with E-state index in [1.165, 1.54) is 31.6 Å². The minimum Gasteiger partial charge on any atom is -0.225 e. The van der Waals surface area contributed by atoms with Gasteiger partial charge in [0.05, 0.1) is 0 Å². The molecule has 0 fully saturated rings. The van der Waals surface area contributed by atoms with Crippen molar-refractivity contribution in [3.8, 4) is 23.3 Å². The predicted octanol–water partition coefficient (Wildman–Crippen LogP) is -0.424. The fraction of sp³-hybridized carbons (Fsp3) is 0. The Hall–Kier alpha value is -2.97. The summed E-state index contributed by atoms with van der Waals surface area (Å²) in [6, 6.07) is 0. The lowest BCUT2D eigenvalue weighted by atomic mass is 10.5. The van der Waals surface area contributed by atoms with Crippen LogP contribution in [0.2, 0.25) is 0 Å². The molecular weight excluding hydrogens is 234 g/mol. The molecule has 0 amide bonds. The zero-order valence-electron chi connectivity index (χ0n) is 8.91. The Morgan fingerprint density at radius 1 is 0.444 bits per heavy atom. The summed E-state index contributed by atoms with van der Waals surface area (Å²) in [5, 5.41) is 0. The Labute approximate surface area is 101 Å². The molecule has 18 heavy (non-hydrogen) atoms. The van der Waals surface area contributed by atoms with Gasteiger partial charge >= 0.3 is 0 Å². The average Bonchev–Trinajstić information content (AvgIpc) is 2.49. The molecule has 0 aliphatic heterocycles. The van der Waals surface area contributed by atoms with E-state index < -0.39 is 0 Å². The van der Waals surface area contributed by atoms with Gasteiger partial charge in [-0.05, 0) is 0 Å². The molecule has 9 nitrogen and oxygen atoms in total. The molecule has 0 unspecified atom stereocenters. The van der Waals surface area contributed by atoms with Crippen LogP contribution < -0.4 is 0 Å². The van der Waals surface area contributed by atoms with Crippen LogP contribution in [-0.2, 0) is 0 Å². The van der Waals surface area contributed by atoms with E-state index >= 15 is 0 Å². The molecule has 0 radical (unpaired) electrons. The summed E-state index contributed by atoms with van der Waals surface area (Å²) >= 11 is 0. The third-order valence-corrected chi connectivity index (χ3v) is 1.96. The fourth-order valence-corrected chi connectivity index (χ4v) is 1.22. The van der Waals surface area contributed by atoms with E-state index in [1.807, 2.05) is 0 Å². The van der Waals surface area contributed by atoms with Crippen molar-refractivity contribution in [1.82, 2.24) is 44.9 Å². The molecule has 0 saturated heterocycles. The van der Waals surface area contributed by atoms with E-state index in [0.29, 0.717) is 23.3 Å². The van der Waals surface area contributed by atoms with Gasteiger partial charge in [-0.25, -0.2) is 44.9 Å². The van der Waals surface area contributed by atoms with E-state index in [4.69, 9.17) is 0 Å². The first kappa shape index (κ1) is 10.2. The highest BCUT2D eigenvalue weighted by atomic mass is 15.1. The van der Waals surface area contributed by atoms with E-state index in [0.717, 1.165) is 0 Å². The van der Waals surface area contributed by atoms with Gasteiger partial charge in [-0.2, -0.15) is 0 Å². The van der Waals surface area contributed by atoms with Crippen LogP contribution in [0.15, 0.2) is 31.6 Å². The van der Waals surface area contributed by atoms with Gasteiger partial charge in [-0.15, -0.1) is 0 Å². The van der Waals surface area contributed by atoms with Crippen molar-refractivity contribution in [3.63, 3.8) is 0 Å². The van der Waals surface area contributed by atoms with Crippen LogP contribution in [0, 0.1) is 0 Å². The molecule has 0 saturated carbocycles. The van der Waals surface area contributed by atoms with Gasteiger partial charge < -0.3 is 0 Å². The second-order valence-electron chi connectivity index (χ2n) is 3.06. The lowest BCUT2D eigenvalue weighted by molar-refractivity contribution is 0.963. The van der Waals surface area contributed by atoms with Crippen molar-refractivity contribution >= 4 is 0 Å². The average molecular weight is 239 g/mol. The monoisotopic (exact) mass is 239 g/mol.